The van der Waals surface area contributed by atoms with Crippen molar-refractivity contribution >= 4 is 38.4 Å². The summed E-state index contributed by atoms with van der Waals surface area (Å²) in [4.78, 5) is 0.208. The summed E-state index contributed by atoms with van der Waals surface area (Å²) in [5.74, 6) is 0. The maximum atomic E-state index is 11.5. The molecule has 124 valence electrons. The van der Waals surface area contributed by atoms with E-state index in [1.807, 2.05) is 0 Å². The maximum absolute atomic E-state index is 11.5. The Balaban J connectivity index is 2.45. The number of rotatable bonds is 5. The van der Waals surface area contributed by atoms with Crippen LogP contribution in [0.25, 0.3) is 5.57 Å². The lowest BCUT2D eigenvalue weighted by molar-refractivity contribution is 0.602. The number of halogens is 1. The van der Waals surface area contributed by atoms with Crippen LogP contribution in [0.1, 0.15) is 18.1 Å². The molecule has 0 saturated heterocycles. The molecule has 0 heterocycles. The van der Waals surface area contributed by atoms with Crippen LogP contribution in [0.3, 0.4) is 0 Å². The van der Waals surface area contributed by atoms with E-state index in [0.717, 1.165) is 11.8 Å². The first-order chi connectivity index (χ1) is 11.2. The average molecular weight is 361 g/mol. The molecule has 0 amide bonds. The van der Waals surface area contributed by atoms with Crippen LogP contribution < -0.4 is 0 Å². The van der Waals surface area contributed by atoms with Crippen LogP contribution in [0.2, 0.25) is 5.02 Å². The van der Waals surface area contributed by atoms with Gasteiger partial charge in [0, 0.05) is 28.1 Å². The topological polar surface area (TPSA) is 81.8 Å². The highest BCUT2D eigenvalue weighted by molar-refractivity contribution is 7.90. The van der Waals surface area contributed by atoms with Gasteiger partial charge in [-0.25, -0.2) is 8.42 Å². The first-order valence-corrected chi connectivity index (χ1v) is 9.37. The van der Waals surface area contributed by atoms with Gasteiger partial charge < -0.3 is 5.41 Å². The predicted octanol–water partition coefficient (Wildman–Crippen LogP) is 4.23. The molecule has 0 radical (unpaired) electrons. The summed E-state index contributed by atoms with van der Waals surface area (Å²) < 4.78 is 23.1. The molecule has 0 aliphatic carbocycles. The number of sulfone groups is 1. The molecule has 24 heavy (non-hydrogen) atoms. The summed E-state index contributed by atoms with van der Waals surface area (Å²) in [7, 11) is -3.28. The van der Waals surface area contributed by atoms with Crippen LogP contribution in [0.4, 0.5) is 0 Å². The van der Waals surface area contributed by atoms with Crippen LogP contribution >= 0.6 is 11.6 Å². The van der Waals surface area contributed by atoms with E-state index >= 15 is 0 Å². The van der Waals surface area contributed by atoms with Gasteiger partial charge in [0.05, 0.1) is 10.6 Å². The standard InChI is InChI=1S/C18H17ClN2O2S/c1-12(20)11-17(13-3-7-15(19)8-4-13)18(21)14-5-9-16(10-6-14)24(2,22)23/h3-11,20-21H,1-2H3/b17-11-,20-12?,21-18?. The molecule has 2 aromatic rings. The van der Waals surface area contributed by atoms with E-state index in [2.05, 4.69) is 0 Å². The number of hydrogen-bond acceptors (Lipinski definition) is 4. The first-order valence-electron chi connectivity index (χ1n) is 7.10. The summed E-state index contributed by atoms with van der Waals surface area (Å²) in [5, 5.41) is 16.8. The van der Waals surface area contributed by atoms with Gasteiger partial charge in [0.15, 0.2) is 9.84 Å². The predicted molar refractivity (Wildman–Crippen MR) is 99.2 cm³/mol. The van der Waals surface area contributed by atoms with E-state index in [-0.39, 0.29) is 10.6 Å². The number of hydrogen-bond donors (Lipinski definition) is 2. The smallest absolute Gasteiger partial charge is 0.175 e. The summed E-state index contributed by atoms with van der Waals surface area (Å²) in [6.45, 7) is 1.63. The van der Waals surface area contributed by atoms with Gasteiger partial charge in [-0.05, 0) is 42.8 Å². The minimum absolute atomic E-state index is 0.208. The largest absolute Gasteiger partial charge is 0.306 e. The van der Waals surface area contributed by atoms with Crippen molar-refractivity contribution in [3.63, 3.8) is 0 Å². The molecule has 6 heteroatoms. The van der Waals surface area contributed by atoms with Crippen LogP contribution in [0.15, 0.2) is 59.5 Å². The highest BCUT2D eigenvalue weighted by Gasteiger charge is 2.13. The summed E-state index contributed by atoms with van der Waals surface area (Å²) >= 11 is 5.91. The lowest BCUT2D eigenvalue weighted by Crippen LogP contribution is -2.05. The van der Waals surface area contributed by atoms with Crippen molar-refractivity contribution < 1.29 is 8.42 Å². The fourth-order valence-corrected chi connectivity index (χ4v) is 2.93. The molecular formula is C18H17ClN2O2S. The third-order valence-electron chi connectivity index (χ3n) is 3.36. The molecule has 0 spiro atoms. The molecule has 2 aromatic carbocycles. The zero-order valence-corrected chi connectivity index (χ0v) is 14.9. The fraction of sp³-hybridized carbons (Fsp3) is 0.111. The van der Waals surface area contributed by atoms with Crippen molar-refractivity contribution in [3.8, 4) is 0 Å². The normalized spacial score (nSPS) is 12.0. The number of benzene rings is 2. The van der Waals surface area contributed by atoms with Gasteiger partial charge in [-0.1, -0.05) is 35.9 Å². The fourth-order valence-electron chi connectivity index (χ4n) is 2.17. The van der Waals surface area contributed by atoms with Gasteiger partial charge in [0.2, 0.25) is 0 Å². The molecule has 2 N–H and O–H groups in total. The zero-order valence-electron chi connectivity index (χ0n) is 13.3. The van der Waals surface area contributed by atoms with E-state index in [4.69, 9.17) is 22.4 Å². The van der Waals surface area contributed by atoms with Crippen LogP contribution in [-0.4, -0.2) is 26.1 Å². The quantitative estimate of drug-likeness (QED) is 0.782. The van der Waals surface area contributed by atoms with Gasteiger partial charge >= 0.3 is 0 Å². The zero-order chi connectivity index (χ0) is 17.9. The minimum Gasteiger partial charge on any atom is -0.306 e. The third kappa shape index (κ3) is 4.40. The second kappa shape index (κ2) is 7.11. The Morgan fingerprint density at radius 3 is 1.92 bits per heavy atom. The second-order valence-corrected chi connectivity index (χ2v) is 7.87. The molecule has 0 fully saturated rings. The maximum Gasteiger partial charge on any atom is 0.175 e. The van der Waals surface area contributed by atoms with Gasteiger partial charge in [-0.3, -0.25) is 5.41 Å². The average Bonchev–Trinajstić information content (AvgIpc) is 2.52. The Morgan fingerprint density at radius 1 is 0.958 bits per heavy atom. The Labute approximate surface area is 146 Å². The van der Waals surface area contributed by atoms with Crippen LogP contribution in [-0.2, 0) is 9.84 Å². The van der Waals surface area contributed by atoms with E-state index in [1.54, 1.807) is 49.4 Å². The second-order valence-electron chi connectivity index (χ2n) is 5.42. The van der Waals surface area contributed by atoms with Gasteiger partial charge in [0.1, 0.15) is 0 Å². The highest BCUT2D eigenvalue weighted by Crippen LogP contribution is 2.23. The van der Waals surface area contributed by atoms with Crippen molar-refractivity contribution in [1.82, 2.24) is 0 Å². The number of allylic oxidation sites excluding steroid dienone is 2. The molecular weight excluding hydrogens is 344 g/mol. The van der Waals surface area contributed by atoms with Gasteiger partial charge in [0.25, 0.3) is 0 Å². The SMILES string of the molecule is CC(=N)/C=C(\C(=N)c1ccc(S(C)(=O)=O)cc1)c1ccc(Cl)cc1. The lowest BCUT2D eigenvalue weighted by atomic mass is 9.95. The van der Waals surface area contributed by atoms with E-state index < -0.39 is 9.84 Å². The molecule has 0 aliphatic heterocycles. The Kier molecular flexibility index (Phi) is 5.36. The molecule has 0 bridgehead atoms. The van der Waals surface area contributed by atoms with Crippen LogP contribution in [0.5, 0.6) is 0 Å². The lowest BCUT2D eigenvalue weighted by Gasteiger charge is -2.11. The van der Waals surface area contributed by atoms with Crippen molar-refractivity contribution in [2.45, 2.75) is 11.8 Å². The van der Waals surface area contributed by atoms with Crippen molar-refractivity contribution in [1.29, 1.82) is 10.8 Å². The first kappa shape index (κ1) is 18.1. The summed E-state index contributed by atoms with van der Waals surface area (Å²) in [5.41, 5.74) is 2.45. The van der Waals surface area contributed by atoms with Gasteiger partial charge in [-0.2, -0.15) is 0 Å². The summed E-state index contributed by atoms with van der Waals surface area (Å²) in [6.07, 6.45) is 2.75. The van der Waals surface area contributed by atoms with E-state index in [0.29, 0.717) is 21.9 Å². The number of nitrogens with one attached hydrogen (secondary N) is 2. The molecule has 0 aliphatic rings. The molecule has 0 saturated carbocycles. The van der Waals surface area contributed by atoms with Crippen molar-refractivity contribution in [2.75, 3.05) is 6.26 Å². The van der Waals surface area contributed by atoms with E-state index in [1.165, 1.54) is 12.1 Å². The minimum atomic E-state index is -3.28. The molecule has 0 atom stereocenters. The Bertz CT molecular complexity index is 912. The molecule has 0 unspecified atom stereocenters. The Hall–Kier alpha value is -2.24. The molecule has 0 aromatic heterocycles. The van der Waals surface area contributed by atoms with E-state index in [9.17, 15) is 8.42 Å². The molecule has 2 rings (SSSR count). The van der Waals surface area contributed by atoms with Gasteiger partial charge in [-0.15, -0.1) is 0 Å². The summed E-state index contributed by atoms with van der Waals surface area (Å²) in [6, 6.07) is 13.2. The van der Waals surface area contributed by atoms with Crippen molar-refractivity contribution in [2.24, 2.45) is 0 Å². The van der Waals surface area contributed by atoms with Crippen LogP contribution in [0, 0.1) is 10.8 Å². The molecule has 4 nitrogen and oxygen atoms in total. The monoisotopic (exact) mass is 360 g/mol. The Morgan fingerprint density at radius 2 is 1.46 bits per heavy atom. The third-order valence-corrected chi connectivity index (χ3v) is 4.74. The highest BCUT2D eigenvalue weighted by atomic mass is 35.5. The van der Waals surface area contributed by atoms with Crippen molar-refractivity contribution in [3.05, 3.63) is 70.8 Å².